The van der Waals surface area contributed by atoms with E-state index in [1.165, 1.54) is 19.2 Å². The van der Waals surface area contributed by atoms with Gasteiger partial charge in [0.05, 0.1) is 13.2 Å². The molecule has 0 amide bonds. The van der Waals surface area contributed by atoms with E-state index in [1.807, 2.05) is 4.90 Å². The van der Waals surface area contributed by atoms with Crippen LogP contribution in [0.3, 0.4) is 0 Å². The lowest BCUT2D eigenvalue weighted by molar-refractivity contribution is 0.197. The monoisotopic (exact) mass is 268 g/mol. The number of methoxy groups -OCH3 is 1. The summed E-state index contributed by atoms with van der Waals surface area (Å²) in [5.74, 6) is -1.01. The molecule has 1 aliphatic rings. The molecular formula is C14H18F2N2O. The van der Waals surface area contributed by atoms with Gasteiger partial charge in [0, 0.05) is 43.9 Å². The van der Waals surface area contributed by atoms with Crippen LogP contribution in [0.25, 0.3) is 0 Å². The Morgan fingerprint density at radius 1 is 1.32 bits per heavy atom. The Hall–Kier alpha value is -1.46. The van der Waals surface area contributed by atoms with Crippen molar-refractivity contribution in [1.82, 2.24) is 10.2 Å². The predicted molar refractivity (Wildman–Crippen MR) is 70.3 cm³/mol. The highest BCUT2D eigenvalue weighted by molar-refractivity contribution is 5.34. The quantitative estimate of drug-likeness (QED) is 0.846. The molecule has 1 heterocycles. The molecule has 1 fully saturated rings. The first-order valence-electron chi connectivity index (χ1n) is 6.27. The molecular weight excluding hydrogens is 250 g/mol. The second-order valence-corrected chi connectivity index (χ2v) is 4.47. The van der Waals surface area contributed by atoms with Gasteiger partial charge in [-0.15, -0.1) is 6.58 Å². The van der Waals surface area contributed by atoms with Gasteiger partial charge in [0.2, 0.25) is 0 Å². The first kappa shape index (κ1) is 14.0. The van der Waals surface area contributed by atoms with Crippen molar-refractivity contribution in [1.29, 1.82) is 0 Å². The van der Waals surface area contributed by atoms with E-state index in [1.54, 1.807) is 6.08 Å². The highest BCUT2D eigenvalue weighted by atomic mass is 19.1. The lowest BCUT2D eigenvalue weighted by Gasteiger charge is -2.33. The Morgan fingerprint density at radius 2 is 1.89 bits per heavy atom. The summed E-state index contributed by atoms with van der Waals surface area (Å²) in [6.45, 7) is 6.80. The van der Waals surface area contributed by atoms with Crippen LogP contribution in [-0.2, 0) is 0 Å². The molecule has 5 heteroatoms. The van der Waals surface area contributed by atoms with Gasteiger partial charge in [0.25, 0.3) is 0 Å². The molecule has 0 aromatic heterocycles. The molecule has 104 valence electrons. The van der Waals surface area contributed by atoms with Crippen molar-refractivity contribution in [3.63, 3.8) is 0 Å². The lowest BCUT2D eigenvalue weighted by atomic mass is 10.0. The maximum Gasteiger partial charge on any atom is 0.134 e. The fraction of sp³-hybridized carbons (Fsp3) is 0.429. The number of piperazine rings is 1. The van der Waals surface area contributed by atoms with E-state index in [0.717, 1.165) is 26.2 Å². The van der Waals surface area contributed by atoms with Crippen LogP contribution in [0.1, 0.15) is 11.6 Å². The summed E-state index contributed by atoms with van der Waals surface area (Å²) in [7, 11) is 1.38. The summed E-state index contributed by atoms with van der Waals surface area (Å²) >= 11 is 0. The van der Waals surface area contributed by atoms with Gasteiger partial charge in [-0.2, -0.15) is 0 Å². The number of hydrogen-bond acceptors (Lipinski definition) is 3. The summed E-state index contributed by atoms with van der Waals surface area (Å²) in [5, 5.41) is 3.21. The fourth-order valence-electron chi connectivity index (χ4n) is 2.37. The molecule has 0 saturated carbocycles. The normalized spacial score (nSPS) is 18.1. The molecule has 0 unspecified atom stereocenters. The van der Waals surface area contributed by atoms with Crippen LogP contribution in [0.4, 0.5) is 8.78 Å². The zero-order valence-corrected chi connectivity index (χ0v) is 11.0. The Bertz CT molecular complexity index is 436. The van der Waals surface area contributed by atoms with Gasteiger partial charge in [-0.3, -0.25) is 4.90 Å². The molecule has 0 bridgehead atoms. The molecule has 19 heavy (non-hydrogen) atoms. The molecule has 0 radical (unpaired) electrons. The van der Waals surface area contributed by atoms with E-state index >= 15 is 0 Å². The zero-order valence-electron chi connectivity index (χ0n) is 11.0. The summed E-state index contributed by atoms with van der Waals surface area (Å²) in [6, 6.07) is 1.96. The highest BCUT2D eigenvalue weighted by Gasteiger charge is 2.25. The van der Waals surface area contributed by atoms with Crippen LogP contribution in [0.15, 0.2) is 24.8 Å². The number of rotatable bonds is 4. The van der Waals surface area contributed by atoms with Crippen LogP contribution in [0, 0.1) is 11.6 Å². The highest BCUT2D eigenvalue weighted by Crippen LogP contribution is 2.30. The van der Waals surface area contributed by atoms with E-state index in [0.29, 0.717) is 0 Å². The molecule has 1 atom stereocenters. The third-order valence-corrected chi connectivity index (χ3v) is 3.35. The van der Waals surface area contributed by atoms with E-state index in [-0.39, 0.29) is 11.3 Å². The minimum absolute atomic E-state index is 0.0395. The first-order valence-corrected chi connectivity index (χ1v) is 6.27. The van der Waals surface area contributed by atoms with Gasteiger partial charge in [0.15, 0.2) is 0 Å². The van der Waals surface area contributed by atoms with Gasteiger partial charge >= 0.3 is 0 Å². The molecule has 0 aliphatic carbocycles. The van der Waals surface area contributed by atoms with E-state index < -0.39 is 17.7 Å². The van der Waals surface area contributed by atoms with Gasteiger partial charge in [-0.05, 0) is 0 Å². The average Bonchev–Trinajstić information content (AvgIpc) is 2.43. The Labute approximate surface area is 111 Å². The maximum absolute atomic E-state index is 14.1. The van der Waals surface area contributed by atoms with Gasteiger partial charge < -0.3 is 10.1 Å². The van der Waals surface area contributed by atoms with Crippen LogP contribution >= 0.6 is 0 Å². The number of nitrogens with zero attached hydrogens (tertiary/aromatic N) is 1. The predicted octanol–water partition coefficient (Wildman–Crippen LogP) is 2.11. The fourth-order valence-corrected chi connectivity index (χ4v) is 2.37. The van der Waals surface area contributed by atoms with Crippen molar-refractivity contribution in [3.8, 4) is 5.75 Å². The minimum atomic E-state index is -0.597. The van der Waals surface area contributed by atoms with E-state index in [9.17, 15) is 8.78 Å². The van der Waals surface area contributed by atoms with Gasteiger partial charge in [0.1, 0.15) is 17.4 Å². The molecule has 1 aromatic rings. The summed E-state index contributed by atoms with van der Waals surface area (Å²) < 4.78 is 33.0. The first-order chi connectivity index (χ1) is 9.17. The molecule has 1 saturated heterocycles. The van der Waals surface area contributed by atoms with Gasteiger partial charge in [-0.1, -0.05) is 6.08 Å². The van der Waals surface area contributed by atoms with Crippen molar-refractivity contribution in [2.75, 3.05) is 33.3 Å². The van der Waals surface area contributed by atoms with Crippen LogP contribution in [0.5, 0.6) is 5.75 Å². The number of ether oxygens (including phenoxy) is 1. The molecule has 1 aliphatic heterocycles. The van der Waals surface area contributed by atoms with Crippen LogP contribution in [0.2, 0.25) is 0 Å². The molecule has 1 aromatic carbocycles. The van der Waals surface area contributed by atoms with E-state index in [4.69, 9.17) is 4.74 Å². The smallest absolute Gasteiger partial charge is 0.134 e. The lowest BCUT2D eigenvalue weighted by Crippen LogP contribution is -2.45. The van der Waals surface area contributed by atoms with Crippen molar-refractivity contribution in [3.05, 3.63) is 42.0 Å². The Morgan fingerprint density at radius 3 is 2.37 bits per heavy atom. The van der Waals surface area contributed by atoms with Crippen molar-refractivity contribution >= 4 is 0 Å². The van der Waals surface area contributed by atoms with Crippen LogP contribution < -0.4 is 10.1 Å². The standard InChI is InChI=1S/C14H18F2N2O/c1-3-13(18-6-4-17-5-7-18)14-11(15)8-10(19-2)9-12(14)16/h3,8-9,13,17H,1,4-7H2,2H3/t13-/m1/s1. The number of benzene rings is 1. The molecule has 0 spiro atoms. The molecule has 3 nitrogen and oxygen atoms in total. The van der Waals surface area contributed by atoms with Crippen molar-refractivity contribution < 1.29 is 13.5 Å². The number of halogens is 2. The number of hydrogen-bond donors (Lipinski definition) is 1. The third kappa shape index (κ3) is 2.93. The van der Waals surface area contributed by atoms with Gasteiger partial charge in [-0.25, -0.2) is 8.78 Å². The minimum Gasteiger partial charge on any atom is -0.497 e. The summed E-state index contributed by atoms with van der Waals surface area (Å²) in [6.07, 6.45) is 1.58. The summed E-state index contributed by atoms with van der Waals surface area (Å²) in [5.41, 5.74) is 0.0395. The molecule has 2 rings (SSSR count). The maximum atomic E-state index is 14.1. The Kier molecular flexibility index (Phi) is 4.50. The number of nitrogens with one attached hydrogen (secondary N) is 1. The second kappa shape index (κ2) is 6.12. The SMILES string of the molecule is C=C[C@H](c1c(F)cc(OC)cc1F)N1CCNCC1. The van der Waals surface area contributed by atoms with Crippen molar-refractivity contribution in [2.45, 2.75) is 6.04 Å². The topological polar surface area (TPSA) is 24.5 Å². The third-order valence-electron chi connectivity index (χ3n) is 3.35. The largest absolute Gasteiger partial charge is 0.497 e. The van der Waals surface area contributed by atoms with Crippen molar-refractivity contribution in [2.24, 2.45) is 0 Å². The Balaban J connectivity index is 2.34. The average molecular weight is 268 g/mol. The second-order valence-electron chi connectivity index (χ2n) is 4.47. The van der Waals surface area contributed by atoms with Crippen LogP contribution in [-0.4, -0.2) is 38.2 Å². The van der Waals surface area contributed by atoms with E-state index in [2.05, 4.69) is 11.9 Å². The summed E-state index contributed by atoms with van der Waals surface area (Å²) in [4.78, 5) is 2.01. The molecule has 1 N–H and O–H groups in total. The zero-order chi connectivity index (χ0) is 13.8.